The van der Waals surface area contributed by atoms with Crippen LogP contribution in [0.1, 0.15) is 22.0 Å². The third kappa shape index (κ3) is 3.04. The lowest BCUT2D eigenvalue weighted by molar-refractivity contribution is -0.153. The van der Waals surface area contributed by atoms with Crippen molar-refractivity contribution in [3.05, 3.63) is 34.9 Å². The van der Waals surface area contributed by atoms with Crippen LogP contribution in [0.25, 0.3) is 0 Å². The molecule has 0 aromatic heterocycles. The summed E-state index contributed by atoms with van der Waals surface area (Å²) in [5.41, 5.74) is -1.49. The molecule has 0 saturated heterocycles. The number of hydrogen-bond donors (Lipinski definition) is 3. The molecule has 1 aromatic carbocycles. The third-order valence-electron chi connectivity index (χ3n) is 2.35. The van der Waals surface area contributed by atoms with Crippen molar-refractivity contribution in [3.8, 4) is 0 Å². The zero-order valence-corrected chi connectivity index (χ0v) is 9.63. The van der Waals surface area contributed by atoms with Gasteiger partial charge in [-0.1, -0.05) is 0 Å². The van der Waals surface area contributed by atoms with Gasteiger partial charge in [-0.3, -0.25) is 0 Å². The van der Waals surface area contributed by atoms with E-state index >= 15 is 0 Å². The van der Waals surface area contributed by atoms with Crippen LogP contribution < -0.4 is 0 Å². The maximum absolute atomic E-state index is 13.5. The van der Waals surface area contributed by atoms with Crippen molar-refractivity contribution in [1.82, 2.24) is 0 Å². The number of hydrogen-bond acceptors (Lipinski definition) is 5. The fraction of sp³-hybridized carbons (Fsp3) is 0.273. The van der Waals surface area contributed by atoms with E-state index in [1.54, 1.807) is 0 Å². The Hall–Kier alpha value is -2.06. The Morgan fingerprint density at radius 2 is 1.68 bits per heavy atom. The number of esters is 1. The summed E-state index contributed by atoms with van der Waals surface area (Å²) in [5, 5.41) is 26.9. The number of aliphatic hydroxyl groups is 2. The average Bonchev–Trinajstić information content (AvgIpc) is 2.35. The van der Waals surface area contributed by atoms with Crippen molar-refractivity contribution in [2.24, 2.45) is 0 Å². The second kappa shape index (κ2) is 5.72. The maximum Gasteiger partial charge on any atom is 0.343 e. The van der Waals surface area contributed by atoms with Gasteiger partial charge in [-0.15, -0.1) is 0 Å². The van der Waals surface area contributed by atoms with Crippen LogP contribution in [0.5, 0.6) is 0 Å². The minimum atomic E-state index is -2.25. The molecule has 1 rings (SSSR count). The highest BCUT2D eigenvalue weighted by Gasteiger charge is 2.28. The first-order valence-electron chi connectivity index (χ1n) is 4.95. The summed E-state index contributed by atoms with van der Waals surface area (Å²) in [4.78, 5) is 21.5. The molecule has 6 nitrogen and oxygen atoms in total. The topological polar surface area (TPSA) is 104 Å². The number of halogens is 2. The fourth-order valence-corrected chi connectivity index (χ4v) is 1.38. The summed E-state index contributed by atoms with van der Waals surface area (Å²) in [7, 11) is 0.929. The minimum Gasteiger partial charge on any atom is -0.479 e. The number of benzene rings is 1. The largest absolute Gasteiger partial charge is 0.479 e. The molecule has 0 aliphatic heterocycles. The first-order valence-corrected chi connectivity index (χ1v) is 4.95. The lowest BCUT2D eigenvalue weighted by atomic mass is 10.0. The van der Waals surface area contributed by atoms with Crippen LogP contribution in [-0.2, 0) is 9.53 Å². The predicted octanol–water partition coefficient (Wildman–Crippen LogP) is 0.230. The van der Waals surface area contributed by atoms with Crippen LogP contribution >= 0.6 is 0 Å². The summed E-state index contributed by atoms with van der Waals surface area (Å²) in [6.45, 7) is 0. The summed E-state index contributed by atoms with van der Waals surface area (Å²) >= 11 is 0. The molecule has 0 spiro atoms. The van der Waals surface area contributed by atoms with Gasteiger partial charge in [0.15, 0.2) is 6.10 Å². The fourth-order valence-electron chi connectivity index (χ4n) is 1.38. The second-order valence-corrected chi connectivity index (χ2v) is 3.58. The number of carbonyl (C=O) groups is 2. The van der Waals surface area contributed by atoms with Crippen LogP contribution in [0.3, 0.4) is 0 Å². The molecule has 8 heteroatoms. The highest BCUT2D eigenvalue weighted by Crippen LogP contribution is 2.23. The Balaban J connectivity index is 3.21. The van der Waals surface area contributed by atoms with Gasteiger partial charge in [-0.05, 0) is 17.7 Å². The lowest BCUT2D eigenvalue weighted by Crippen LogP contribution is -2.27. The van der Waals surface area contributed by atoms with Crippen molar-refractivity contribution in [2.45, 2.75) is 12.2 Å². The smallest absolute Gasteiger partial charge is 0.343 e. The molecular formula is C11H10F2O6. The number of methoxy groups -OCH3 is 1. The molecule has 104 valence electrons. The van der Waals surface area contributed by atoms with Crippen molar-refractivity contribution < 1.29 is 38.4 Å². The van der Waals surface area contributed by atoms with Gasteiger partial charge >= 0.3 is 11.9 Å². The number of carboxylic acid groups (broad SMARTS) is 1. The van der Waals surface area contributed by atoms with Crippen LogP contribution in [0, 0.1) is 11.6 Å². The second-order valence-electron chi connectivity index (χ2n) is 3.58. The number of aliphatic carboxylic acids is 1. The Labute approximate surface area is 105 Å². The Morgan fingerprint density at radius 3 is 2.05 bits per heavy atom. The van der Waals surface area contributed by atoms with E-state index in [4.69, 9.17) is 10.2 Å². The van der Waals surface area contributed by atoms with E-state index in [1.807, 2.05) is 0 Å². The van der Waals surface area contributed by atoms with Gasteiger partial charge in [0, 0.05) is 0 Å². The molecular weight excluding hydrogens is 266 g/mol. The van der Waals surface area contributed by atoms with Crippen LogP contribution in [0.15, 0.2) is 12.1 Å². The number of aliphatic hydroxyl groups excluding tert-OH is 2. The molecule has 0 bridgehead atoms. The normalized spacial score (nSPS) is 13.7. The molecule has 0 heterocycles. The van der Waals surface area contributed by atoms with Gasteiger partial charge in [0.25, 0.3) is 0 Å². The monoisotopic (exact) mass is 276 g/mol. The van der Waals surface area contributed by atoms with Gasteiger partial charge in [0.05, 0.1) is 7.11 Å². The zero-order chi connectivity index (χ0) is 14.7. The molecule has 0 aliphatic rings. The van der Waals surface area contributed by atoms with E-state index in [9.17, 15) is 23.5 Å². The molecule has 19 heavy (non-hydrogen) atoms. The lowest BCUT2D eigenvalue weighted by Gasteiger charge is -2.15. The Morgan fingerprint density at radius 1 is 1.21 bits per heavy atom. The molecule has 2 atom stereocenters. The first-order chi connectivity index (χ1) is 8.79. The third-order valence-corrected chi connectivity index (χ3v) is 2.35. The van der Waals surface area contributed by atoms with E-state index in [0.717, 1.165) is 7.11 Å². The predicted molar refractivity (Wildman–Crippen MR) is 56.3 cm³/mol. The highest BCUT2D eigenvalue weighted by molar-refractivity contribution is 5.90. The summed E-state index contributed by atoms with van der Waals surface area (Å²) in [5.74, 6) is -5.68. The van der Waals surface area contributed by atoms with E-state index < -0.39 is 46.9 Å². The molecule has 0 amide bonds. The number of carboxylic acids is 1. The van der Waals surface area contributed by atoms with Crippen molar-refractivity contribution in [3.63, 3.8) is 0 Å². The van der Waals surface area contributed by atoms with Crippen molar-refractivity contribution >= 4 is 11.9 Å². The van der Waals surface area contributed by atoms with E-state index in [0.29, 0.717) is 12.1 Å². The van der Waals surface area contributed by atoms with E-state index in [1.165, 1.54) is 0 Å². The summed E-state index contributed by atoms with van der Waals surface area (Å²) < 4.78 is 31.1. The SMILES string of the molecule is COC(=O)c1c(F)cc(C(O)C(O)C(=O)O)cc1F. The van der Waals surface area contributed by atoms with Gasteiger partial charge in [-0.25, -0.2) is 18.4 Å². The van der Waals surface area contributed by atoms with Gasteiger partial charge in [0.1, 0.15) is 23.3 Å². The van der Waals surface area contributed by atoms with Crippen molar-refractivity contribution in [2.75, 3.05) is 7.11 Å². The number of rotatable bonds is 4. The van der Waals surface area contributed by atoms with Gasteiger partial charge in [0.2, 0.25) is 0 Å². The van der Waals surface area contributed by atoms with Crippen LogP contribution in [0.4, 0.5) is 8.78 Å². The van der Waals surface area contributed by atoms with Crippen LogP contribution in [0.2, 0.25) is 0 Å². The molecule has 0 saturated carbocycles. The summed E-state index contributed by atoms with van der Waals surface area (Å²) in [6.07, 6.45) is -4.28. The minimum absolute atomic E-state index is 0.516. The molecule has 2 unspecified atom stereocenters. The molecule has 0 aliphatic carbocycles. The molecule has 3 N–H and O–H groups in total. The first kappa shape index (κ1) is 15.0. The van der Waals surface area contributed by atoms with Crippen LogP contribution in [-0.4, -0.2) is 40.5 Å². The number of ether oxygens (including phenoxy) is 1. The quantitative estimate of drug-likeness (QED) is 0.680. The summed E-state index contributed by atoms with van der Waals surface area (Å²) in [6, 6.07) is 1.10. The molecule has 0 radical (unpaired) electrons. The Bertz CT molecular complexity index is 493. The van der Waals surface area contributed by atoms with E-state index in [2.05, 4.69) is 4.74 Å². The maximum atomic E-state index is 13.5. The van der Waals surface area contributed by atoms with Crippen molar-refractivity contribution in [1.29, 1.82) is 0 Å². The number of carbonyl (C=O) groups excluding carboxylic acids is 1. The Kier molecular flexibility index (Phi) is 4.52. The molecule has 1 aromatic rings. The highest BCUT2D eigenvalue weighted by atomic mass is 19.1. The zero-order valence-electron chi connectivity index (χ0n) is 9.63. The molecule has 0 fully saturated rings. The van der Waals surface area contributed by atoms with Gasteiger partial charge in [-0.2, -0.15) is 0 Å². The standard InChI is InChI=1S/C11H10F2O6/c1-19-11(18)7-5(12)2-4(3-6(7)13)8(14)9(15)10(16)17/h2-3,8-9,14-15H,1H3,(H,16,17). The van der Waals surface area contributed by atoms with E-state index in [-0.39, 0.29) is 0 Å². The average molecular weight is 276 g/mol. The van der Waals surface area contributed by atoms with Gasteiger partial charge < -0.3 is 20.1 Å².